The van der Waals surface area contributed by atoms with Crippen molar-refractivity contribution in [3.05, 3.63) is 12.2 Å². The minimum atomic E-state index is -1.12. The van der Waals surface area contributed by atoms with E-state index >= 15 is 0 Å². The first-order valence-corrected chi connectivity index (χ1v) is 10.9. The molecule has 0 spiro atoms. The fraction of sp³-hybridized carbons (Fsp3) is 0.812. The zero-order chi connectivity index (χ0) is 14.2. The molecule has 1 nitrogen and oxygen atoms in total. The first-order chi connectivity index (χ1) is 8.23. The van der Waals surface area contributed by atoms with E-state index in [2.05, 4.69) is 38.7 Å². The summed E-state index contributed by atoms with van der Waals surface area (Å²) in [6, 6.07) is 0. The molecule has 1 unspecified atom stereocenters. The Balaban J connectivity index is 4.41. The summed E-state index contributed by atoms with van der Waals surface area (Å²) < 4.78 is 0. The summed E-state index contributed by atoms with van der Waals surface area (Å²) in [5.41, 5.74) is 0.552. The average molecular weight is 269 g/mol. The standard InChI is InChI=1S/C16H32OSi/c1-7-8-9-11-15(18(4,5)6)12-10-13-16(2,3)14-17/h10,12,14-15H,7-9,11,13H2,1-6H3/b12-10+. The largest absolute Gasteiger partial charge is 0.303 e. The molecule has 0 aliphatic carbocycles. The monoisotopic (exact) mass is 268 g/mol. The summed E-state index contributed by atoms with van der Waals surface area (Å²) in [6.45, 7) is 13.6. The van der Waals surface area contributed by atoms with Crippen molar-refractivity contribution >= 4 is 14.4 Å². The Hall–Kier alpha value is -0.373. The van der Waals surface area contributed by atoms with Gasteiger partial charge in [0.1, 0.15) is 6.29 Å². The van der Waals surface area contributed by atoms with E-state index in [0.29, 0.717) is 0 Å². The summed E-state index contributed by atoms with van der Waals surface area (Å²) in [5.74, 6) is 0. The third kappa shape index (κ3) is 7.86. The van der Waals surface area contributed by atoms with Crippen LogP contribution in [0.1, 0.15) is 52.9 Å². The maximum atomic E-state index is 10.9. The minimum absolute atomic E-state index is 0.204. The highest BCUT2D eigenvalue weighted by molar-refractivity contribution is 6.78. The van der Waals surface area contributed by atoms with Gasteiger partial charge >= 0.3 is 0 Å². The fourth-order valence-corrected chi connectivity index (χ4v) is 3.80. The molecule has 106 valence electrons. The average Bonchev–Trinajstić information content (AvgIpc) is 2.26. The van der Waals surface area contributed by atoms with Crippen LogP contribution in [-0.2, 0) is 4.79 Å². The number of allylic oxidation sites excluding steroid dienone is 2. The van der Waals surface area contributed by atoms with E-state index in [9.17, 15) is 4.79 Å². The second-order valence-electron chi connectivity index (χ2n) is 7.21. The van der Waals surface area contributed by atoms with Gasteiger partial charge in [-0.1, -0.05) is 71.8 Å². The van der Waals surface area contributed by atoms with Crippen LogP contribution in [0.3, 0.4) is 0 Å². The number of rotatable bonds is 9. The van der Waals surface area contributed by atoms with Crippen molar-refractivity contribution < 1.29 is 4.79 Å². The number of carbonyl (C=O) groups excluding carboxylic acids is 1. The van der Waals surface area contributed by atoms with Gasteiger partial charge in [-0.3, -0.25) is 0 Å². The zero-order valence-corrected chi connectivity index (χ0v) is 14.3. The Morgan fingerprint density at radius 1 is 1.17 bits per heavy atom. The molecule has 0 fully saturated rings. The minimum Gasteiger partial charge on any atom is -0.303 e. The molecule has 0 aromatic heterocycles. The molecular formula is C16H32OSi. The lowest BCUT2D eigenvalue weighted by Gasteiger charge is -2.26. The fourth-order valence-electron chi connectivity index (χ4n) is 2.02. The van der Waals surface area contributed by atoms with Gasteiger partial charge in [0.2, 0.25) is 0 Å². The summed E-state index contributed by atoms with van der Waals surface area (Å²) in [5, 5.41) is 0. The Kier molecular flexibility index (Phi) is 7.77. The Bertz CT molecular complexity index is 261. The number of aldehydes is 1. The molecule has 0 heterocycles. The van der Waals surface area contributed by atoms with Crippen LogP contribution in [0.2, 0.25) is 25.2 Å². The molecule has 0 amide bonds. The first-order valence-electron chi connectivity index (χ1n) is 7.36. The quantitative estimate of drug-likeness (QED) is 0.235. The third-order valence-electron chi connectivity index (χ3n) is 3.56. The van der Waals surface area contributed by atoms with Gasteiger partial charge in [-0.25, -0.2) is 0 Å². The van der Waals surface area contributed by atoms with Gasteiger partial charge in [0.15, 0.2) is 0 Å². The highest BCUT2D eigenvalue weighted by Gasteiger charge is 2.24. The molecular weight excluding hydrogens is 236 g/mol. The Labute approximate surface area is 115 Å². The first kappa shape index (κ1) is 17.6. The summed E-state index contributed by atoms with van der Waals surface area (Å²) >= 11 is 0. The van der Waals surface area contributed by atoms with E-state index in [1.807, 2.05) is 13.8 Å². The zero-order valence-electron chi connectivity index (χ0n) is 13.3. The number of hydrogen-bond donors (Lipinski definition) is 0. The normalized spacial score (nSPS) is 15.0. The molecule has 0 saturated carbocycles. The highest BCUT2D eigenvalue weighted by atomic mass is 28.3. The van der Waals surface area contributed by atoms with Gasteiger partial charge in [-0.05, 0) is 18.4 Å². The molecule has 2 heteroatoms. The van der Waals surface area contributed by atoms with Gasteiger partial charge in [-0.2, -0.15) is 0 Å². The Morgan fingerprint density at radius 3 is 2.22 bits per heavy atom. The van der Waals surface area contributed by atoms with Gasteiger partial charge < -0.3 is 4.79 Å². The van der Waals surface area contributed by atoms with Crippen LogP contribution < -0.4 is 0 Å². The second-order valence-corrected chi connectivity index (χ2v) is 12.7. The molecule has 0 aliphatic heterocycles. The number of unbranched alkanes of at least 4 members (excludes halogenated alkanes) is 2. The molecule has 0 bridgehead atoms. The molecule has 0 aliphatic rings. The smallest absolute Gasteiger partial charge is 0.125 e. The van der Waals surface area contributed by atoms with Gasteiger partial charge in [-0.15, -0.1) is 0 Å². The second kappa shape index (κ2) is 7.93. The maximum absolute atomic E-state index is 10.9. The van der Waals surface area contributed by atoms with E-state index in [0.717, 1.165) is 18.2 Å². The third-order valence-corrected chi connectivity index (χ3v) is 6.27. The maximum Gasteiger partial charge on any atom is 0.125 e. The number of hydrogen-bond acceptors (Lipinski definition) is 1. The van der Waals surface area contributed by atoms with E-state index < -0.39 is 8.07 Å². The lowest BCUT2D eigenvalue weighted by Crippen LogP contribution is -2.27. The topological polar surface area (TPSA) is 17.1 Å². The van der Waals surface area contributed by atoms with E-state index in [1.165, 1.54) is 25.7 Å². The van der Waals surface area contributed by atoms with E-state index in [1.54, 1.807) is 0 Å². The van der Waals surface area contributed by atoms with Crippen LogP contribution in [0.25, 0.3) is 0 Å². The lowest BCUT2D eigenvalue weighted by atomic mass is 9.91. The van der Waals surface area contributed by atoms with Crippen molar-refractivity contribution in [2.75, 3.05) is 0 Å². The highest BCUT2D eigenvalue weighted by Crippen LogP contribution is 2.30. The summed E-state index contributed by atoms with van der Waals surface area (Å²) in [4.78, 5) is 10.9. The molecule has 0 rings (SSSR count). The predicted molar refractivity (Wildman–Crippen MR) is 84.8 cm³/mol. The van der Waals surface area contributed by atoms with Crippen LogP contribution >= 0.6 is 0 Å². The molecule has 18 heavy (non-hydrogen) atoms. The molecule has 0 radical (unpaired) electrons. The number of carbonyl (C=O) groups is 1. The SMILES string of the molecule is CCCCCC(/C=C/CC(C)(C)C=O)[Si](C)(C)C. The van der Waals surface area contributed by atoms with Crippen molar-refractivity contribution in [2.45, 2.75) is 78.1 Å². The summed E-state index contributed by atoms with van der Waals surface area (Å²) in [7, 11) is -1.12. The van der Waals surface area contributed by atoms with Crippen LogP contribution in [0.5, 0.6) is 0 Å². The van der Waals surface area contributed by atoms with Crippen molar-refractivity contribution in [3.63, 3.8) is 0 Å². The van der Waals surface area contributed by atoms with Crippen molar-refractivity contribution in [2.24, 2.45) is 5.41 Å². The predicted octanol–water partition coefficient (Wildman–Crippen LogP) is 5.45. The van der Waals surface area contributed by atoms with Gasteiger partial charge in [0.05, 0.1) is 8.07 Å². The molecule has 0 aromatic rings. The molecule has 1 atom stereocenters. The van der Waals surface area contributed by atoms with Crippen molar-refractivity contribution in [1.82, 2.24) is 0 Å². The summed E-state index contributed by atoms with van der Waals surface area (Å²) in [6.07, 6.45) is 11.9. The molecule has 0 N–H and O–H groups in total. The van der Waals surface area contributed by atoms with Gasteiger partial charge in [0, 0.05) is 5.41 Å². The van der Waals surface area contributed by atoms with Crippen LogP contribution in [0.4, 0.5) is 0 Å². The van der Waals surface area contributed by atoms with Crippen LogP contribution in [0, 0.1) is 5.41 Å². The van der Waals surface area contributed by atoms with Crippen LogP contribution in [-0.4, -0.2) is 14.4 Å². The van der Waals surface area contributed by atoms with Crippen LogP contribution in [0.15, 0.2) is 12.2 Å². The molecule has 0 aromatic carbocycles. The van der Waals surface area contributed by atoms with Gasteiger partial charge in [0.25, 0.3) is 0 Å². The molecule has 0 saturated heterocycles. The Morgan fingerprint density at radius 2 is 1.78 bits per heavy atom. The van der Waals surface area contributed by atoms with E-state index in [-0.39, 0.29) is 5.41 Å². The van der Waals surface area contributed by atoms with Crippen molar-refractivity contribution in [3.8, 4) is 0 Å². The van der Waals surface area contributed by atoms with E-state index in [4.69, 9.17) is 0 Å². The lowest BCUT2D eigenvalue weighted by molar-refractivity contribution is -0.114. The van der Waals surface area contributed by atoms with Crippen molar-refractivity contribution in [1.29, 1.82) is 0 Å².